The van der Waals surface area contributed by atoms with Crippen LogP contribution in [0.15, 0.2) is 30.5 Å². The van der Waals surface area contributed by atoms with E-state index in [1.165, 1.54) is 12.1 Å². The van der Waals surface area contributed by atoms with Gasteiger partial charge in [-0.3, -0.25) is 14.9 Å². The number of pyridine rings is 1. The van der Waals surface area contributed by atoms with Crippen LogP contribution in [0.5, 0.6) is 0 Å². The van der Waals surface area contributed by atoms with Gasteiger partial charge in [-0.2, -0.15) is 0 Å². The van der Waals surface area contributed by atoms with E-state index in [4.69, 9.17) is 11.6 Å². The van der Waals surface area contributed by atoms with Crippen molar-refractivity contribution in [2.75, 3.05) is 17.2 Å². The highest BCUT2D eigenvalue weighted by atomic mass is 35.5. The summed E-state index contributed by atoms with van der Waals surface area (Å²) in [7, 11) is 0. The zero-order valence-corrected chi connectivity index (χ0v) is 14.1. The molecule has 1 amide bonds. The number of benzene rings is 1. The molecule has 0 aliphatic heterocycles. The first kappa shape index (κ1) is 17.7. The van der Waals surface area contributed by atoms with Gasteiger partial charge in [0.15, 0.2) is 0 Å². The molecule has 1 aromatic heterocycles. The number of non-ortho nitro benzene ring substituents is 1. The number of halogens is 1. The SMILES string of the molecule is Cc1ccc(NC(=O)CCNc2c(C)cc([N+](=O)[O-])cc2Cl)nc1. The minimum absolute atomic E-state index is 0.0637. The van der Waals surface area contributed by atoms with E-state index in [0.29, 0.717) is 23.6 Å². The number of amides is 1. The minimum atomic E-state index is -0.495. The Morgan fingerprint density at radius 1 is 1.33 bits per heavy atom. The first-order valence-electron chi connectivity index (χ1n) is 7.27. The van der Waals surface area contributed by atoms with Crippen LogP contribution < -0.4 is 10.6 Å². The summed E-state index contributed by atoms with van der Waals surface area (Å²) in [6.07, 6.45) is 1.89. The van der Waals surface area contributed by atoms with Crippen molar-refractivity contribution in [3.05, 3.63) is 56.7 Å². The highest BCUT2D eigenvalue weighted by Crippen LogP contribution is 2.30. The predicted octanol–water partition coefficient (Wildman–Crippen LogP) is 3.70. The fraction of sp³-hybridized carbons (Fsp3) is 0.250. The summed E-state index contributed by atoms with van der Waals surface area (Å²) in [6, 6.07) is 6.32. The third-order valence-electron chi connectivity index (χ3n) is 3.32. The van der Waals surface area contributed by atoms with Crippen molar-refractivity contribution in [2.24, 2.45) is 0 Å². The summed E-state index contributed by atoms with van der Waals surface area (Å²) in [5, 5.41) is 16.8. The average molecular weight is 349 g/mol. The van der Waals surface area contributed by atoms with E-state index in [1.807, 2.05) is 13.0 Å². The van der Waals surface area contributed by atoms with Crippen LogP contribution in [-0.2, 0) is 4.79 Å². The lowest BCUT2D eigenvalue weighted by Gasteiger charge is -2.11. The molecule has 24 heavy (non-hydrogen) atoms. The molecule has 0 unspecified atom stereocenters. The Kier molecular flexibility index (Phi) is 5.70. The second kappa shape index (κ2) is 7.74. The molecule has 1 aromatic carbocycles. The fourth-order valence-electron chi connectivity index (χ4n) is 2.10. The molecule has 1 heterocycles. The van der Waals surface area contributed by atoms with E-state index in [2.05, 4.69) is 15.6 Å². The number of hydrogen-bond donors (Lipinski definition) is 2. The van der Waals surface area contributed by atoms with Crippen LogP contribution in [0.1, 0.15) is 17.5 Å². The Morgan fingerprint density at radius 2 is 2.08 bits per heavy atom. The predicted molar refractivity (Wildman–Crippen MR) is 93.6 cm³/mol. The Hall–Kier alpha value is -2.67. The molecule has 0 saturated carbocycles. The molecule has 2 rings (SSSR count). The number of aryl methyl sites for hydroxylation is 2. The lowest BCUT2D eigenvalue weighted by atomic mass is 10.1. The van der Waals surface area contributed by atoms with Gasteiger partial charge in [-0.1, -0.05) is 17.7 Å². The zero-order chi connectivity index (χ0) is 17.7. The van der Waals surface area contributed by atoms with Crippen LogP contribution in [0, 0.1) is 24.0 Å². The first-order valence-corrected chi connectivity index (χ1v) is 7.65. The largest absolute Gasteiger partial charge is 0.383 e. The Bertz CT molecular complexity index is 739. The maximum absolute atomic E-state index is 11.9. The van der Waals surface area contributed by atoms with Crippen LogP contribution in [0.2, 0.25) is 5.02 Å². The van der Waals surface area contributed by atoms with Crippen molar-refractivity contribution in [3.8, 4) is 0 Å². The third kappa shape index (κ3) is 4.66. The minimum Gasteiger partial charge on any atom is -0.383 e. The summed E-state index contributed by atoms with van der Waals surface area (Å²) < 4.78 is 0. The van der Waals surface area contributed by atoms with Gasteiger partial charge in [-0.25, -0.2) is 4.98 Å². The number of anilines is 2. The van der Waals surface area contributed by atoms with E-state index in [1.54, 1.807) is 19.2 Å². The fourth-order valence-corrected chi connectivity index (χ4v) is 2.43. The van der Waals surface area contributed by atoms with Crippen molar-refractivity contribution in [2.45, 2.75) is 20.3 Å². The van der Waals surface area contributed by atoms with Crippen molar-refractivity contribution >= 4 is 34.7 Å². The van der Waals surface area contributed by atoms with E-state index in [9.17, 15) is 14.9 Å². The van der Waals surface area contributed by atoms with Crippen LogP contribution in [0.3, 0.4) is 0 Å². The van der Waals surface area contributed by atoms with Crippen LogP contribution in [0.4, 0.5) is 17.2 Å². The second-order valence-electron chi connectivity index (χ2n) is 5.32. The molecule has 0 atom stereocenters. The number of aromatic nitrogens is 1. The molecule has 7 nitrogen and oxygen atoms in total. The van der Waals surface area contributed by atoms with E-state index >= 15 is 0 Å². The van der Waals surface area contributed by atoms with Crippen molar-refractivity contribution in [1.29, 1.82) is 0 Å². The molecular weight excluding hydrogens is 332 g/mol. The Labute approximate surface area is 144 Å². The van der Waals surface area contributed by atoms with E-state index in [-0.39, 0.29) is 23.0 Å². The van der Waals surface area contributed by atoms with E-state index < -0.39 is 4.92 Å². The van der Waals surface area contributed by atoms with Gasteiger partial charge in [-0.05, 0) is 31.0 Å². The molecular formula is C16H17ClN4O3. The summed E-state index contributed by atoms with van der Waals surface area (Å²) in [5.41, 5.74) is 2.18. The van der Waals surface area contributed by atoms with Crippen LogP contribution in [0.25, 0.3) is 0 Å². The quantitative estimate of drug-likeness (QED) is 0.612. The number of rotatable bonds is 6. The van der Waals surface area contributed by atoms with Crippen molar-refractivity contribution < 1.29 is 9.72 Å². The van der Waals surface area contributed by atoms with Crippen LogP contribution >= 0.6 is 11.6 Å². The number of hydrogen-bond acceptors (Lipinski definition) is 5. The molecule has 0 spiro atoms. The molecule has 0 fully saturated rings. The summed E-state index contributed by atoms with van der Waals surface area (Å²) >= 11 is 6.06. The number of nitro benzene ring substituents is 1. The highest BCUT2D eigenvalue weighted by molar-refractivity contribution is 6.33. The summed E-state index contributed by atoms with van der Waals surface area (Å²) in [5.74, 6) is 0.310. The molecule has 0 saturated heterocycles. The van der Waals surface area contributed by atoms with Gasteiger partial charge < -0.3 is 10.6 Å². The normalized spacial score (nSPS) is 10.3. The molecule has 0 bridgehead atoms. The van der Waals surface area contributed by atoms with Gasteiger partial charge >= 0.3 is 0 Å². The topological polar surface area (TPSA) is 97.2 Å². The van der Waals surface area contributed by atoms with Crippen molar-refractivity contribution in [1.82, 2.24) is 4.98 Å². The molecule has 0 aliphatic rings. The Morgan fingerprint density at radius 3 is 2.67 bits per heavy atom. The number of nitrogens with one attached hydrogen (secondary N) is 2. The maximum Gasteiger partial charge on any atom is 0.271 e. The summed E-state index contributed by atoms with van der Waals surface area (Å²) in [4.78, 5) is 26.3. The number of nitro groups is 1. The first-order chi connectivity index (χ1) is 11.4. The lowest BCUT2D eigenvalue weighted by molar-refractivity contribution is -0.384. The molecule has 8 heteroatoms. The number of nitrogens with zero attached hydrogens (tertiary/aromatic N) is 2. The second-order valence-corrected chi connectivity index (χ2v) is 5.73. The molecule has 0 aliphatic carbocycles. The van der Waals surface area contributed by atoms with Gasteiger partial charge in [0.25, 0.3) is 5.69 Å². The summed E-state index contributed by atoms with van der Waals surface area (Å²) in [6.45, 7) is 3.98. The monoisotopic (exact) mass is 348 g/mol. The molecule has 2 aromatic rings. The van der Waals surface area contributed by atoms with Gasteiger partial charge in [0.05, 0.1) is 15.6 Å². The third-order valence-corrected chi connectivity index (χ3v) is 3.61. The number of carbonyl (C=O) groups is 1. The standard InChI is InChI=1S/C16H17ClN4O3/c1-10-3-4-14(19-9-10)20-15(22)5-6-18-16-11(2)7-12(21(23)24)8-13(16)17/h3-4,7-9,18H,5-6H2,1-2H3,(H,19,20,22). The number of carbonyl (C=O) groups excluding carboxylic acids is 1. The Balaban J connectivity index is 1.91. The maximum atomic E-state index is 11.9. The van der Waals surface area contributed by atoms with Gasteiger partial charge in [0, 0.05) is 31.3 Å². The highest BCUT2D eigenvalue weighted by Gasteiger charge is 2.13. The molecule has 2 N–H and O–H groups in total. The molecule has 126 valence electrons. The van der Waals surface area contributed by atoms with Gasteiger partial charge in [-0.15, -0.1) is 0 Å². The smallest absolute Gasteiger partial charge is 0.271 e. The van der Waals surface area contributed by atoms with Crippen molar-refractivity contribution in [3.63, 3.8) is 0 Å². The lowest BCUT2D eigenvalue weighted by Crippen LogP contribution is -2.17. The van der Waals surface area contributed by atoms with E-state index in [0.717, 1.165) is 5.56 Å². The van der Waals surface area contributed by atoms with Gasteiger partial charge in [0.2, 0.25) is 5.91 Å². The molecule has 0 radical (unpaired) electrons. The average Bonchev–Trinajstić information content (AvgIpc) is 2.52. The zero-order valence-electron chi connectivity index (χ0n) is 13.3. The van der Waals surface area contributed by atoms with Gasteiger partial charge in [0.1, 0.15) is 5.82 Å². The van der Waals surface area contributed by atoms with Crippen LogP contribution in [-0.4, -0.2) is 22.4 Å².